The fraction of sp³-hybridized carbons (Fsp3) is 0.500. The third-order valence-corrected chi connectivity index (χ3v) is 4.12. The van der Waals surface area contributed by atoms with Gasteiger partial charge in [-0.1, -0.05) is 15.9 Å². The molecule has 2 rings (SSSR count). The van der Waals surface area contributed by atoms with Crippen LogP contribution in [0.5, 0.6) is 0 Å². The highest BCUT2D eigenvalue weighted by Gasteiger charge is 2.22. The van der Waals surface area contributed by atoms with Gasteiger partial charge in [-0.3, -0.25) is 4.79 Å². The molecule has 0 aromatic heterocycles. The van der Waals surface area contributed by atoms with E-state index < -0.39 is 0 Å². The number of benzene rings is 1. The molecule has 4 nitrogen and oxygen atoms in total. The van der Waals surface area contributed by atoms with Gasteiger partial charge in [0.25, 0.3) is 0 Å². The third-order valence-electron chi connectivity index (χ3n) is 3.23. The Kier molecular flexibility index (Phi) is 4.82. The van der Waals surface area contributed by atoms with E-state index in [9.17, 15) is 4.79 Å². The Labute approximate surface area is 122 Å². The summed E-state index contributed by atoms with van der Waals surface area (Å²) in [5, 5.41) is 3.25. The smallest absolute Gasteiger partial charge is 0.244 e. The van der Waals surface area contributed by atoms with E-state index in [1.54, 1.807) is 0 Å². The van der Waals surface area contributed by atoms with Crippen molar-refractivity contribution < 1.29 is 9.53 Å². The summed E-state index contributed by atoms with van der Waals surface area (Å²) in [5.74, 6) is 0.129. The molecule has 1 aliphatic rings. The van der Waals surface area contributed by atoms with Crippen molar-refractivity contribution in [1.29, 1.82) is 0 Å². The summed E-state index contributed by atoms with van der Waals surface area (Å²) in [4.78, 5) is 14.1. The van der Waals surface area contributed by atoms with Crippen LogP contribution in [-0.4, -0.2) is 43.2 Å². The van der Waals surface area contributed by atoms with Crippen molar-refractivity contribution in [1.82, 2.24) is 4.90 Å². The zero-order valence-corrected chi connectivity index (χ0v) is 12.9. The molecule has 0 aliphatic carbocycles. The molecule has 1 heterocycles. The van der Waals surface area contributed by atoms with Crippen LogP contribution in [0.2, 0.25) is 0 Å². The Hall–Kier alpha value is -1.07. The molecule has 1 aromatic rings. The van der Waals surface area contributed by atoms with Gasteiger partial charge in [0, 0.05) is 23.2 Å². The van der Waals surface area contributed by atoms with Gasteiger partial charge in [0.1, 0.15) is 6.04 Å². The van der Waals surface area contributed by atoms with Crippen molar-refractivity contribution in [3.63, 3.8) is 0 Å². The summed E-state index contributed by atoms with van der Waals surface area (Å²) in [6.45, 7) is 6.57. The number of halogens is 1. The second-order valence-electron chi connectivity index (χ2n) is 4.77. The van der Waals surface area contributed by atoms with E-state index in [0.717, 1.165) is 15.7 Å². The van der Waals surface area contributed by atoms with Crippen LogP contribution in [-0.2, 0) is 9.53 Å². The molecule has 0 spiro atoms. The van der Waals surface area contributed by atoms with Crippen LogP contribution >= 0.6 is 15.9 Å². The summed E-state index contributed by atoms with van der Waals surface area (Å²) >= 11 is 3.47. The monoisotopic (exact) mass is 326 g/mol. The van der Waals surface area contributed by atoms with Crippen molar-refractivity contribution in [2.24, 2.45) is 0 Å². The van der Waals surface area contributed by atoms with Crippen LogP contribution in [0.1, 0.15) is 12.5 Å². The van der Waals surface area contributed by atoms with E-state index in [1.165, 1.54) is 0 Å². The molecule has 1 aromatic carbocycles. The number of hydrogen-bond acceptors (Lipinski definition) is 3. The average Bonchev–Trinajstić information content (AvgIpc) is 2.43. The fourth-order valence-electron chi connectivity index (χ4n) is 2.10. The zero-order valence-electron chi connectivity index (χ0n) is 11.3. The predicted octanol–water partition coefficient (Wildman–Crippen LogP) is 2.42. The molecule has 1 N–H and O–H groups in total. The second-order valence-corrected chi connectivity index (χ2v) is 5.62. The summed E-state index contributed by atoms with van der Waals surface area (Å²) in [7, 11) is 0. The maximum Gasteiger partial charge on any atom is 0.244 e. The van der Waals surface area contributed by atoms with Gasteiger partial charge in [0.15, 0.2) is 0 Å². The standard InChI is InChI=1S/C14H19BrN2O2/c1-10-9-12(3-4-13(10)15)16-11(2)14(18)17-5-7-19-8-6-17/h3-4,9,11,16H,5-8H2,1-2H3/t11-/m0/s1. The number of nitrogens with zero attached hydrogens (tertiary/aromatic N) is 1. The molecule has 0 unspecified atom stereocenters. The summed E-state index contributed by atoms with van der Waals surface area (Å²) in [6.07, 6.45) is 0. The lowest BCUT2D eigenvalue weighted by atomic mass is 10.2. The highest BCUT2D eigenvalue weighted by molar-refractivity contribution is 9.10. The van der Waals surface area contributed by atoms with E-state index in [-0.39, 0.29) is 11.9 Å². The topological polar surface area (TPSA) is 41.6 Å². The molecule has 104 valence electrons. The number of anilines is 1. The molecule has 5 heteroatoms. The van der Waals surface area contributed by atoms with Gasteiger partial charge in [0.2, 0.25) is 5.91 Å². The molecule has 1 saturated heterocycles. The molecule has 1 fully saturated rings. The maximum atomic E-state index is 12.3. The van der Waals surface area contributed by atoms with E-state index in [1.807, 2.05) is 36.9 Å². The largest absolute Gasteiger partial charge is 0.378 e. The van der Waals surface area contributed by atoms with Crippen molar-refractivity contribution in [2.75, 3.05) is 31.6 Å². The lowest BCUT2D eigenvalue weighted by Crippen LogP contribution is -2.46. The number of carbonyl (C=O) groups is 1. The van der Waals surface area contributed by atoms with Crippen LogP contribution < -0.4 is 5.32 Å². The minimum atomic E-state index is -0.223. The average molecular weight is 327 g/mol. The third kappa shape index (κ3) is 3.70. The van der Waals surface area contributed by atoms with Crippen LogP contribution in [0, 0.1) is 6.92 Å². The van der Waals surface area contributed by atoms with Crippen molar-refractivity contribution in [2.45, 2.75) is 19.9 Å². The van der Waals surface area contributed by atoms with E-state index >= 15 is 0 Å². The van der Waals surface area contributed by atoms with Crippen LogP contribution in [0.25, 0.3) is 0 Å². The summed E-state index contributed by atoms with van der Waals surface area (Å²) in [5.41, 5.74) is 2.12. The van der Waals surface area contributed by atoms with Crippen molar-refractivity contribution >= 4 is 27.5 Å². The summed E-state index contributed by atoms with van der Waals surface area (Å²) in [6, 6.07) is 5.77. The molecular formula is C14H19BrN2O2. The molecule has 19 heavy (non-hydrogen) atoms. The molecule has 0 saturated carbocycles. The van der Waals surface area contributed by atoms with Crippen LogP contribution in [0.15, 0.2) is 22.7 Å². The molecule has 0 bridgehead atoms. The Bertz CT molecular complexity index is 459. The van der Waals surface area contributed by atoms with Crippen molar-refractivity contribution in [3.8, 4) is 0 Å². The minimum Gasteiger partial charge on any atom is -0.378 e. The van der Waals surface area contributed by atoms with E-state index in [2.05, 4.69) is 21.2 Å². The number of aryl methyl sites for hydroxylation is 1. The Morgan fingerprint density at radius 3 is 2.74 bits per heavy atom. The Morgan fingerprint density at radius 2 is 2.11 bits per heavy atom. The number of carbonyl (C=O) groups excluding carboxylic acids is 1. The highest BCUT2D eigenvalue weighted by atomic mass is 79.9. The first-order valence-corrected chi connectivity index (χ1v) is 7.26. The van der Waals surface area contributed by atoms with E-state index in [0.29, 0.717) is 26.3 Å². The van der Waals surface area contributed by atoms with E-state index in [4.69, 9.17) is 4.74 Å². The number of morpholine rings is 1. The maximum absolute atomic E-state index is 12.3. The second kappa shape index (κ2) is 6.39. The van der Waals surface area contributed by atoms with Gasteiger partial charge in [-0.15, -0.1) is 0 Å². The normalized spacial score (nSPS) is 17.1. The molecule has 1 aliphatic heterocycles. The highest BCUT2D eigenvalue weighted by Crippen LogP contribution is 2.20. The zero-order chi connectivity index (χ0) is 13.8. The van der Waals surface area contributed by atoms with Gasteiger partial charge >= 0.3 is 0 Å². The quantitative estimate of drug-likeness (QED) is 0.927. The number of rotatable bonds is 3. The minimum absolute atomic E-state index is 0.129. The van der Waals surface area contributed by atoms with Gasteiger partial charge < -0.3 is 15.0 Å². The van der Waals surface area contributed by atoms with Gasteiger partial charge in [-0.05, 0) is 37.6 Å². The van der Waals surface area contributed by atoms with Gasteiger partial charge in [-0.2, -0.15) is 0 Å². The Morgan fingerprint density at radius 1 is 1.42 bits per heavy atom. The SMILES string of the molecule is Cc1cc(N[C@@H](C)C(=O)N2CCOCC2)ccc1Br. The predicted molar refractivity (Wildman–Crippen MR) is 79.4 cm³/mol. The molecule has 1 atom stereocenters. The fourth-order valence-corrected chi connectivity index (χ4v) is 2.35. The van der Waals surface area contributed by atoms with Gasteiger partial charge in [-0.25, -0.2) is 0 Å². The number of ether oxygens (including phenoxy) is 1. The Balaban J connectivity index is 1.97. The number of amides is 1. The number of hydrogen-bond donors (Lipinski definition) is 1. The van der Waals surface area contributed by atoms with Gasteiger partial charge in [0.05, 0.1) is 13.2 Å². The molecule has 0 radical (unpaired) electrons. The number of nitrogens with one attached hydrogen (secondary N) is 1. The summed E-state index contributed by atoms with van der Waals surface area (Å²) < 4.78 is 6.33. The lowest BCUT2D eigenvalue weighted by Gasteiger charge is -2.29. The molecular weight excluding hydrogens is 308 g/mol. The van der Waals surface area contributed by atoms with Crippen LogP contribution in [0.3, 0.4) is 0 Å². The van der Waals surface area contributed by atoms with Crippen molar-refractivity contribution in [3.05, 3.63) is 28.2 Å². The first kappa shape index (κ1) is 14.3. The first-order chi connectivity index (χ1) is 9.08. The lowest BCUT2D eigenvalue weighted by molar-refractivity contribution is -0.135. The molecule has 1 amide bonds. The first-order valence-electron chi connectivity index (χ1n) is 6.47. The van der Waals surface area contributed by atoms with Crippen LogP contribution in [0.4, 0.5) is 5.69 Å².